The highest BCUT2D eigenvalue weighted by Crippen LogP contribution is 2.21. The van der Waals surface area contributed by atoms with E-state index in [1.54, 1.807) is 0 Å². The molecule has 0 aliphatic rings. The summed E-state index contributed by atoms with van der Waals surface area (Å²) < 4.78 is 2.44. The van der Waals surface area contributed by atoms with E-state index in [1.165, 1.54) is 48.7 Å². The van der Waals surface area contributed by atoms with Gasteiger partial charge in [0.25, 0.3) is 0 Å². The molecule has 0 radical (unpaired) electrons. The molecule has 1 aromatic carbocycles. The molecule has 0 aliphatic heterocycles. The Kier molecular flexibility index (Phi) is 4.46. The first-order valence-electron chi connectivity index (χ1n) is 7.30. The Labute approximate surface area is 111 Å². The van der Waals surface area contributed by atoms with Gasteiger partial charge in [-0.3, -0.25) is 0 Å². The number of rotatable bonds is 6. The van der Waals surface area contributed by atoms with Crippen LogP contribution in [0.5, 0.6) is 0 Å². The van der Waals surface area contributed by atoms with Crippen LogP contribution in [0, 0.1) is 12.8 Å². The summed E-state index contributed by atoms with van der Waals surface area (Å²) in [5.41, 5.74) is 2.74. The van der Waals surface area contributed by atoms with Crippen molar-refractivity contribution in [3.8, 4) is 0 Å². The molecule has 0 spiro atoms. The van der Waals surface area contributed by atoms with Gasteiger partial charge in [-0.15, -0.1) is 0 Å². The zero-order chi connectivity index (χ0) is 13.0. The molecular weight excluding hydrogens is 218 g/mol. The van der Waals surface area contributed by atoms with E-state index < -0.39 is 0 Å². The van der Waals surface area contributed by atoms with E-state index in [2.05, 4.69) is 55.8 Å². The monoisotopic (exact) mass is 243 g/mol. The highest BCUT2D eigenvalue weighted by molar-refractivity contribution is 5.80. The second-order valence-electron chi connectivity index (χ2n) is 5.45. The summed E-state index contributed by atoms with van der Waals surface area (Å²) in [7, 11) is 0. The lowest BCUT2D eigenvalue weighted by Crippen LogP contribution is -2.09. The first-order valence-corrected chi connectivity index (χ1v) is 7.30. The van der Waals surface area contributed by atoms with E-state index in [1.807, 2.05) is 0 Å². The third-order valence-corrected chi connectivity index (χ3v) is 3.93. The number of hydrogen-bond acceptors (Lipinski definition) is 0. The van der Waals surface area contributed by atoms with Crippen molar-refractivity contribution in [1.82, 2.24) is 4.57 Å². The van der Waals surface area contributed by atoms with E-state index >= 15 is 0 Å². The van der Waals surface area contributed by atoms with Crippen molar-refractivity contribution in [3.63, 3.8) is 0 Å². The van der Waals surface area contributed by atoms with E-state index in [0.717, 1.165) is 5.92 Å². The van der Waals surface area contributed by atoms with E-state index in [0.29, 0.717) is 0 Å². The van der Waals surface area contributed by atoms with Crippen LogP contribution in [-0.2, 0) is 6.54 Å². The van der Waals surface area contributed by atoms with Crippen molar-refractivity contribution in [2.75, 3.05) is 0 Å². The van der Waals surface area contributed by atoms with Crippen LogP contribution in [0.2, 0.25) is 0 Å². The van der Waals surface area contributed by atoms with Crippen LogP contribution in [0.3, 0.4) is 0 Å². The minimum atomic E-state index is 0.820. The van der Waals surface area contributed by atoms with Gasteiger partial charge in [-0.05, 0) is 42.3 Å². The zero-order valence-electron chi connectivity index (χ0n) is 11.9. The quantitative estimate of drug-likeness (QED) is 0.660. The molecule has 0 fully saturated rings. The van der Waals surface area contributed by atoms with Crippen LogP contribution in [-0.4, -0.2) is 4.57 Å². The highest BCUT2D eigenvalue weighted by Gasteiger charge is 2.08. The average molecular weight is 243 g/mol. The average Bonchev–Trinajstić information content (AvgIpc) is 2.77. The van der Waals surface area contributed by atoms with E-state index in [-0.39, 0.29) is 0 Å². The molecule has 1 heteroatoms. The van der Waals surface area contributed by atoms with Gasteiger partial charge < -0.3 is 4.57 Å². The van der Waals surface area contributed by atoms with Gasteiger partial charge in [0.2, 0.25) is 0 Å². The smallest absolute Gasteiger partial charge is 0.0483 e. The Balaban J connectivity index is 2.17. The fourth-order valence-corrected chi connectivity index (χ4v) is 2.65. The molecule has 98 valence electrons. The Bertz CT molecular complexity index is 495. The van der Waals surface area contributed by atoms with Crippen LogP contribution in [0.25, 0.3) is 10.9 Å². The SMILES string of the molecule is CCCCC(CC)Cn1ccc2ccc(C)cc21. The molecule has 2 aromatic rings. The lowest BCUT2D eigenvalue weighted by molar-refractivity contribution is 0.396. The first-order chi connectivity index (χ1) is 8.74. The molecule has 0 saturated carbocycles. The van der Waals surface area contributed by atoms with Crippen molar-refractivity contribution >= 4 is 10.9 Å². The number of nitrogens with zero attached hydrogens (tertiary/aromatic N) is 1. The van der Waals surface area contributed by atoms with Gasteiger partial charge in [0.15, 0.2) is 0 Å². The predicted octanol–water partition coefficient (Wildman–Crippen LogP) is 5.17. The normalized spacial score (nSPS) is 13.1. The molecule has 1 atom stereocenters. The largest absolute Gasteiger partial charge is 0.347 e. The number of benzene rings is 1. The van der Waals surface area contributed by atoms with Gasteiger partial charge in [0, 0.05) is 18.3 Å². The molecule has 0 N–H and O–H groups in total. The Morgan fingerprint density at radius 2 is 2.00 bits per heavy atom. The third-order valence-electron chi connectivity index (χ3n) is 3.93. The lowest BCUT2D eigenvalue weighted by Gasteiger charge is -2.16. The summed E-state index contributed by atoms with van der Waals surface area (Å²) in [6.45, 7) is 7.94. The first kappa shape index (κ1) is 13.2. The number of unbranched alkanes of at least 4 members (excludes halogenated alkanes) is 1. The lowest BCUT2D eigenvalue weighted by atomic mass is 9.99. The molecule has 0 aliphatic carbocycles. The number of aromatic nitrogens is 1. The minimum absolute atomic E-state index is 0.820. The van der Waals surface area contributed by atoms with Gasteiger partial charge in [-0.2, -0.15) is 0 Å². The summed E-state index contributed by atoms with van der Waals surface area (Å²) in [4.78, 5) is 0. The van der Waals surface area contributed by atoms with Crippen molar-refractivity contribution in [1.29, 1.82) is 0 Å². The van der Waals surface area contributed by atoms with Gasteiger partial charge in [0.1, 0.15) is 0 Å². The van der Waals surface area contributed by atoms with Gasteiger partial charge >= 0.3 is 0 Å². The maximum atomic E-state index is 2.44. The van der Waals surface area contributed by atoms with Crippen molar-refractivity contribution in [2.45, 2.75) is 53.0 Å². The number of aryl methyl sites for hydroxylation is 1. The minimum Gasteiger partial charge on any atom is -0.347 e. The third kappa shape index (κ3) is 2.95. The van der Waals surface area contributed by atoms with Crippen LogP contribution in [0.15, 0.2) is 30.5 Å². The van der Waals surface area contributed by atoms with Crippen molar-refractivity contribution in [2.24, 2.45) is 5.92 Å². The number of fused-ring (bicyclic) bond motifs is 1. The summed E-state index contributed by atoms with van der Waals surface area (Å²) in [5, 5.41) is 1.37. The second-order valence-corrected chi connectivity index (χ2v) is 5.45. The molecule has 1 heterocycles. The van der Waals surface area contributed by atoms with Crippen LogP contribution in [0.4, 0.5) is 0 Å². The second kappa shape index (κ2) is 6.08. The molecule has 0 saturated heterocycles. The molecule has 18 heavy (non-hydrogen) atoms. The predicted molar refractivity (Wildman–Crippen MR) is 80.0 cm³/mol. The molecule has 1 nitrogen and oxygen atoms in total. The van der Waals surface area contributed by atoms with Crippen molar-refractivity contribution < 1.29 is 0 Å². The van der Waals surface area contributed by atoms with Gasteiger partial charge in [0.05, 0.1) is 0 Å². The molecule has 1 aromatic heterocycles. The van der Waals surface area contributed by atoms with Gasteiger partial charge in [-0.1, -0.05) is 45.2 Å². The summed E-state index contributed by atoms with van der Waals surface area (Å²) >= 11 is 0. The molecule has 1 unspecified atom stereocenters. The maximum Gasteiger partial charge on any atom is 0.0483 e. The van der Waals surface area contributed by atoms with Crippen LogP contribution < -0.4 is 0 Å². The van der Waals surface area contributed by atoms with Crippen LogP contribution >= 0.6 is 0 Å². The molecule has 0 amide bonds. The van der Waals surface area contributed by atoms with Crippen molar-refractivity contribution in [3.05, 3.63) is 36.0 Å². The highest BCUT2D eigenvalue weighted by atomic mass is 15.0. The summed E-state index contributed by atoms with van der Waals surface area (Å²) in [5.74, 6) is 0.820. The zero-order valence-corrected chi connectivity index (χ0v) is 11.9. The Morgan fingerprint density at radius 3 is 2.72 bits per heavy atom. The Hall–Kier alpha value is -1.24. The molecular formula is C17H25N. The topological polar surface area (TPSA) is 4.93 Å². The molecule has 2 rings (SSSR count). The summed E-state index contributed by atoms with van der Waals surface area (Å²) in [6.07, 6.45) is 7.56. The van der Waals surface area contributed by atoms with Gasteiger partial charge in [-0.25, -0.2) is 0 Å². The van der Waals surface area contributed by atoms with E-state index in [9.17, 15) is 0 Å². The fraction of sp³-hybridized carbons (Fsp3) is 0.529. The maximum absolute atomic E-state index is 2.44. The van der Waals surface area contributed by atoms with E-state index in [4.69, 9.17) is 0 Å². The molecule has 0 bridgehead atoms. The standard InChI is InChI=1S/C17H25N/c1-4-6-7-15(5-2)13-18-11-10-16-9-8-14(3)12-17(16)18/h8-12,15H,4-7,13H2,1-3H3. The Morgan fingerprint density at radius 1 is 1.17 bits per heavy atom. The number of hydrogen-bond donors (Lipinski definition) is 0. The fourth-order valence-electron chi connectivity index (χ4n) is 2.65. The van der Waals surface area contributed by atoms with Crippen LogP contribution in [0.1, 0.15) is 45.1 Å². The summed E-state index contributed by atoms with van der Waals surface area (Å²) in [6, 6.07) is 8.97.